The molecule has 0 fully saturated rings. The first-order valence-corrected chi connectivity index (χ1v) is 11.1. The summed E-state index contributed by atoms with van der Waals surface area (Å²) in [5.74, 6) is -0.00797. The van der Waals surface area contributed by atoms with Crippen molar-refractivity contribution in [3.05, 3.63) is 90.0 Å². The van der Waals surface area contributed by atoms with E-state index in [1.165, 1.54) is 16.8 Å². The van der Waals surface area contributed by atoms with Crippen molar-refractivity contribution in [3.63, 3.8) is 0 Å². The first-order chi connectivity index (χ1) is 15.7. The number of nitrogen functional groups attached to an aromatic ring is 1. The lowest BCUT2D eigenvalue weighted by atomic mass is 10.1. The SMILES string of the molecule is CSc1cccc(NC(=O)c2ccc(-n3nc(-c4cccc(C(F)(F)F)c4)cc3N)cc2)c1. The maximum Gasteiger partial charge on any atom is 0.416 e. The number of alkyl halides is 3. The molecule has 168 valence electrons. The maximum absolute atomic E-state index is 13.0. The number of carbonyl (C=O) groups excluding carboxylic acids is 1. The summed E-state index contributed by atoms with van der Waals surface area (Å²) in [6, 6.07) is 20.6. The van der Waals surface area contributed by atoms with Gasteiger partial charge in [0.2, 0.25) is 0 Å². The van der Waals surface area contributed by atoms with Crippen LogP contribution in [-0.4, -0.2) is 21.9 Å². The Morgan fingerprint density at radius 3 is 2.42 bits per heavy atom. The van der Waals surface area contributed by atoms with Crippen LogP contribution < -0.4 is 11.1 Å². The Balaban J connectivity index is 1.55. The number of carbonyl (C=O) groups is 1. The van der Waals surface area contributed by atoms with Crippen molar-refractivity contribution in [1.82, 2.24) is 9.78 Å². The van der Waals surface area contributed by atoms with E-state index in [0.717, 1.165) is 17.0 Å². The van der Waals surface area contributed by atoms with Crippen LogP contribution in [0.15, 0.2) is 83.8 Å². The van der Waals surface area contributed by atoms with E-state index in [0.29, 0.717) is 28.2 Å². The lowest BCUT2D eigenvalue weighted by Gasteiger charge is -2.08. The molecule has 1 amide bonds. The van der Waals surface area contributed by atoms with Crippen molar-refractivity contribution in [2.24, 2.45) is 0 Å². The zero-order valence-electron chi connectivity index (χ0n) is 17.4. The number of hydrogen-bond donors (Lipinski definition) is 2. The van der Waals surface area contributed by atoms with E-state index in [9.17, 15) is 18.0 Å². The first-order valence-electron chi connectivity index (χ1n) is 9.83. The van der Waals surface area contributed by atoms with E-state index in [1.54, 1.807) is 42.1 Å². The predicted molar refractivity (Wildman–Crippen MR) is 125 cm³/mol. The maximum atomic E-state index is 13.0. The van der Waals surface area contributed by atoms with E-state index in [2.05, 4.69) is 10.4 Å². The Bertz CT molecular complexity index is 1300. The number of nitrogens with two attached hydrogens (primary N) is 1. The Labute approximate surface area is 192 Å². The molecule has 0 aliphatic heterocycles. The van der Waals surface area contributed by atoms with Crippen molar-refractivity contribution in [2.45, 2.75) is 11.1 Å². The van der Waals surface area contributed by atoms with Gasteiger partial charge in [0.1, 0.15) is 5.82 Å². The van der Waals surface area contributed by atoms with Gasteiger partial charge in [-0.3, -0.25) is 4.79 Å². The molecule has 1 aromatic heterocycles. The molecule has 0 saturated heterocycles. The van der Waals surface area contributed by atoms with Crippen LogP contribution in [-0.2, 0) is 6.18 Å². The van der Waals surface area contributed by atoms with Gasteiger partial charge in [-0.15, -0.1) is 11.8 Å². The molecule has 0 saturated carbocycles. The molecule has 0 aliphatic rings. The summed E-state index contributed by atoms with van der Waals surface area (Å²) in [4.78, 5) is 13.6. The topological polar surface area (TPSA) is 72.9 Å². The molecule has 4 aromatic rings. The number of rotatable bonds is 5. The van der Waals surface area contributed by atoms with Crippen LogP contribution >= 0.6 is 11.8 Å². The Morgan fingerprint density at radius 1 is 1.00 bits per heavy atom. The fourth-order valence-electron chi connectivity index (χ4n) is 3.26. The quantitative estimate of drug-likeness (QED) is 0.347. The van der Waals surface area contributed by atoms with Gasteiger partial charge < -0.3 is 11.1 Å². The van der Waals surface area contributed by atoms with Gasteiger partial charge in [-0.05, 0) is 60.9 Å². The smallest absolute Gasteiger partial charge is 0.384 e. The van der Waals surface area contributed by atoms with Gasteiger partial charge in [0.05, 0.1) is 16.9 Å². The zero-order chi connectivity index (χ0) is 23.6. The Hall–Kier alpha value is -3.72. The van der Waals surface area contributed by atoms with Gasteiger partial charge in [-0.1, -0.05) is 18.2 Å². The lowest BCUT2D eigenvalue weighted by molar-refractivity contribution is -0.137. The third-order valence-electron chi connectivity index (χ3n) is 4.92. The van der Waals surface area contributed by atoms with E-state index >= 15 is 0 Å². The Morgan fingerprint density at radius 2 is 1.73 bits per heavy atom. The fourth-order valence-corrected chi connectivity index (χ4v) is 3.72. The van der Waals surface area contributed by atoms with Crippen LogP contribution in [0.5, 0.6) is 0 Å². The minimum absolute atomic E-state index is 0.258. The summed E-state index contributed by atoms with van der Waals surface area (Å²) in [6.07, 6.45) is -2.49. The molecule has 4 rings (SSSR count). The number of anilines is 2. The highest BCUT2D eigenvalue weighted by molar-refractivity contribution is 7.98. The van der Waals surface area contributed by atoms with Crippen LogP contribution in [0.25, 0.3) is 16.9 Å². The van der Waals surface area contributed by atoms with Crippen molar-refractivity contribution in [2.75, 3.05) is 17.3 Å². The molecule has 9 heteroatoms. The minimum atomic E-state index is -4.45. The number of halogens is 3. The summed E-state index contributed by atoms with van der Waals surface area (Å²) in [5.41, 5.74) is 7.63. The van der Waals surface area contributed by atoms with Crippen LogP contribution in [0.1, 0.15) is 15.9 Å². The standard InChI is InChI=1S/C24H19F3N4OS/c1-33-20-7-3-6-18(13-20)29-23(32)15-8-10-19(11-9-15)31-22(28)14-21(30-31)16-4-2-5-17(12-16)24(25,26)27/h2-14H,28H2,1H3,(H,29,32). The average molecular weight is 469 g/mol. The summed E-state index contributed by atoms with van der Waals surface area (Å²) >= 11 is 1.58. The van der Waals surface area contributed by atoms with Gasteiger partial charge in [0.15, 0.2) is 0 Å². The van der Waals surface area contributed by atoms with Gasteiger partial charge >= 0.3 is 6.18 Å². The number of amides is 1. The average Bonchev–Trinajstić information content (AvgIpc) is 3.20. The van der Waals surface area contributed by atoms with Gasteiger partial charge in [0, 0.05) is 27.8 Å². The monoisotopic (exact) mass is 468 g/mol. The van der Waals surface area contributed by atoms with Crippen LogP contribution in [0, 0.1) is 0 Å². The van der Waals surface area contributed by atoms with E-state index in [-0.39, 0.29) is 11.7 Å². The summed E-state index contributed by atoms with van der Waals surface area (Å²) in [5, 5.41) is 7.21. The van der Waals surface area contributed by atoms with Crippen LogP contribution in [0.4, 0.5) is 24.7 Å². The summed E-state index contributed by atoms with van der Waals surface area (Å²) in [7, 11) is 0. The number of aromatic nitrogens is 2. The predicted octanol–water partition coefficient (Wildman–Crippen LogP) is 6.11. The largest absolute Gasteiger partial charge is 0.416 e. The summed E-state index contributed by atoms with van der Waals surface area (Å²) < 4.78 is 40.5. The highest BCUT2D eigenvalue weighted by Gasteiger charge is 2.30. The van der Waals surface area contributed by atoms with Gasteiger partial charge in [-0.2, -0.15) is 18.3 Å². The van der Waals surface area contributed by atoms with Crippen molar-refractivity contribution in [1.29, 1.82) is 0 Å². The number of nitrogens with one attached hydrogen (secondary N) is 1. The first kappa shape index (κ1) is 22.5. The number of nitrogens with zero attached hydrogens (tertiary/aromatic N) is 2. The molecule has 0 bridgehead atoms. The molecule has 0 radical (unpaired) electrons. The minimum Gasteiger partial charge on any atom is -0.384 e. The van der Waals surface area contributed by atoms with Crippen molar-refractivity contribution in [3.8, 4) is 16.9 Å². The highest BCUT2D eigenvalue weighted by Crippen LogP contribution is 2.32. The molecule has 1 heterocycles. The van der Waals surface area contributed by atoms with E-state index in [1.807, 2.05) is 30.5 Å². The lowest BCUT2D eigenvalue weighted by Crippen LogP contribution is -2.12. The number of thioether (sulfide) groups is 1. The molecule has 5 nitrogen and oxygen atoms in total. The number of benzene rings is 3. The molecule has 0 spiro atoms. The number of hydrogen-bond acceptors (Lipinski definition) is 4. The molecule has 0 atom stereocenters. The second kappa shape index (κ2) is 9.03. The van der Waals surface area contributed by atoms with Gasteiger partial charge in [-0.25, -0.2) is 4.68 Å². The second-order valence-corrected chi connectivity index (χ2v) is 8.06. The summed E-state index contributed by atoms with van der Waals surface area (Å²) in [6.45, 7) is 0. The third kappa shape index (κ3) is 5.04. The molecule has 0 unspecified atom stereocenters. The molecular weight excluding hydrogens is 449 g/mol. The zero-order valence-corrected chi connectivity index (χ0v) is 18.2. The van der Waals surface area contributed by atoms with E-state index < -0.39 is 11.7 Å². The van der Waals surface area contributed by atoms with Crippen LogP contribution in [0.3, 0.4) is 0 Å². The molecule has 33 heavy (non-hydrogen) atoms. The van der Waals surface area contributed by atoms with Gasteiger partial charge in [0.25, 0.3) is 5.91 Å². The molecule has 3 N–H and O–H groups in total. The molecular formula is C24H19F3N4OS. The fraction of sp³-hybridized carbons (Fsp3) is 0.0833. The Kier molecular flexibility index (Phi) is 6.15. The molecule has 0 aliphatic carbocycles. The normalized spacial score (nSPS) is 11.4. The third-order valence-corrected chi connectivity index (χ3v) is 5.65. The highest BCUT2D eigenvalue weighted by atomic mass is 32.2. The van der Waals surface area contributed by atoms with Crippen molar-refractivity contribution >= 4 is 29.2 Å². The van der Waals surface area contributed by atoms with Crippen LogP contribution in [0.2, 0.25) is 0 Å². The second-order valence-electron chi connectivity index (χ2n) is 7.18. The molecule has 3 aromatic carbocycles. The van der Waals surface area contributed by atoms with E-state index in [4.69, 9.17) is 5.73 Å². The van der Waals surface area contributed by atoms with Crippen molar-refractivity contribution < 1.29 is 18.0 Å².